The number of rotatable bonds is 4. The molecule has 0 spiro atoms. The van der Waals surface area contributed by atoms with E-state index in [1.165, 1.54) is 13.0 Å². The fourth-order valence-corrected chi connectivity index (χ4v) is 2.49. The molecule has 3 N–H and O–H groups in total. The highest BCUT2D eigenvalue weighted by Gasteiger charge is 2.27. The number of nitrogens with zero attached hydrogens (tertiary/aromatic N) is 1. The van der Waals surface area contributed by atoms with Gasteiger partial charge in [0.25, 0.3) is 0 Å². The summed E-state index contributed by atoms with van der Waals surface area (Å²) in [5.74, 6) is -1.70. The molecule has 0 aromatic heterocycles. The summed E-state index contributed by atoms with van der Waals surface area (Å²) in [6.45, 7) is 2.70. The fraction of sp³-hybridized carbons (Fsp3) is 0.429. The number of carbonyl (C=O) groups is 2. The van der Waals surface area contributed by atoms with Crippen molar-refractivity contribution in [3.8, 4) is 5.75 Å². The molecule has 1 fully saturated rings. The Morgan fingerprint density at radius 3 is 2.75 bits per heavy atom. The first-order chi connectivity index (χ1) is 9.38. The van der Waals surface area contributed by atoms with Gasteiger partial charge in [0, 0.05) is 18.7 Å². The van der Waals surface area contributed by atoms with Crippen molar-refractivity contribution in [1.29, 1.82) is 0 Å². The number of phenolic OH excluding ortho intramolecular Hbond substituents is 1. The summed E-state index contributed by atoms with van der Waals surface area (Å²) in [5, 5.41) is 10.0. The number of ketones is 1. The minimum Gasteiger partial charge on any atom is -0.507 e. The number of aromatic hydroxyl groups is 1. The lowest BCUT2D eigenvalue weighted by molar-refractivity contribution is -0.121. The molecule has 1 heterocycles. The van der Waals surface area contributed by atoms with Gasteiger partial charge in [0.1, 0.15) is 11.6 Å². The molecule has 6 heteroatoms. The van der Waals surface area contributed by atoms with E-state index >= 15 is 0 Å². The van der Waals surface area contributed by atoms with E-state index in [2.05, 4.69) is 0 Å². The number of phenols is 1. The zero-order chi connectivity index (χ0) is 14.9. The molecule has 1 aromatic rings. The lowest BCUT2D eigenvalue weighted by atomic mass is 10.0. The third-order valence-electron chi connectivity index (χ3n) is 3.60. The van der Waals surface area contributed by atoms with Gasteiger partial charge in [0.15, 0.2) is 5.78 Å². The van der Waals surface area contributed by atoms with Crippen LogP contribution in [0.25, 0.3) is 0 Å². The van der Waals surface area contributed by atoms with Crippen LogP contribution >= 0.6 is 0 Å². The largest absolute Gasteiger partial charge is 0.507 e. The standard InChI is InChI=1S/C14H17FN2O3/c1-8(18)12-5-11(15)4-10(13(12)19)7-17-3-2-9(6-17)14(16)20/h4-5,9,19H,2-3,6-7H2,1H3,(H2,16,20). The Morgan fingerprint density at radius 1 is 1.50 bits per heavy atom. The molecular formula is C14H17FN2O3. The van der Waals surface area contributed by atoms with Crippen LogP contribution in [0.3, 0.4) is 0 Å². The minimum absolute atomic E-state index is 0.0225. The van der Waals surface area contributed by atoms with Crippen molar-refractivity contribution in [2.24, 2.45) is 11.7 Å². The van der Waals surface area contributed by atoms with E-state index in [0.717, 1.165) is 6.07 Å². The van der Waals surface area contributed by atoms with Crippen molar-refractivity contribution in [2.45, 2.75) is 19.9 Å². The Morgan fingerprint density at radius 2 is 2.20 bits per heavy atom. The summed E-state index contributed by atoms with van der Waals surface area (Å²) in [7, 11) is 0. The summed E-state index contributed by atoms with van der Waals surface area (Å²) in [6.07, 6.45) is 0.658. The number of primary amides is 1. The second kappa shape index (κ2) is 5.58. The first-order valence-corrected chi connectivity index (χ1v) is 6.42. The molecule has 1 aromatic carbocycles. The van der Waals surface area contributed by atoms with Gasteiger partial charge in [-0.25, -0.2) is 4.39 Å². The zero-order valence-electron chi connectivity index (χ0n) is 11.2. The zero-order valence-corrected chi connectivity index (χ0v) is 11.2. The van der Waals surface area contributed by atoms with Crippen molar-refractivity contribution < 1.29 is 19.1 Å². The number of carbonyl (C=O) groups excluding carboxylic acids is 2. The molecule has 1 saturated heterocycles. The van der Waals surface area contributed by atoms with E-state index in [1.807, 2.05) is 4.90 Å². The van der Waals surface area contributed by atoms with Gasteiger partial charge < -0.3 is 10.8 Å². The molecular weight excluding hydrogens is 263 g/mol. The van der Waals surface area contributed by atoms with E-state index in [1.54, 1.807) is 0 Å². The highest BCUT2D eigenvalue weighted by molar-refractivity contribution is 5.97. The summed E-state index contributed by atoms with van der Waals surface area (Å²) >= 11 is 0. The van der Waals surface area contributed by atoms with E-state index in [-0.39, 0.29) is 35.5 Å². The molecule has 1 unspecified atom stereocenters. The first kappa shape index (κ1) is 14.5. The molecule has 1 amide bonds. The first-order valence-electron chi connectivity index (χ1n) is 6.42. The summed E-state index contributed by atoms with van der Waals surface area (Å²) in [4.78, 5) is 24.4. The van der Waals surface area contributed by atoms with E-state index in [4.69, 9.17) is 5.73 Å². The maximum Gasteiger partial charge on any atom is 0.221 e. The molecule has 0 aliphatic carbocycles. The molecule has 1 aliphatic heterocycles. The number of hydrogen-bond acceptors (Lipinski definition) is 4. The SMILES string of the molecule is CC(=O)c1cc(F)cc(CN2CCC(C(N)=O)C2)c1O. The molecule has 0 bridgehead atoms. The Balaban J connectivity index is 2.18. The van der Waals surface area contributed by atoms with Gasteiger partial charge in [-0.2, -0.15) is 0 Å². The van der Waals surface area contributed by atoms with Crippen molar-refractivity contribution in [1.82, 2.24) is 4.90 Å². The molecule has 5 nitrogen and oxygen atoms in total. The number of halogens is 1. The van der Waals surface area contributed by atoms with Crippen LogP contribution in [0.15, 0.2) is 12.1 Å². The second-order valence-corrected chi connectivity index (χ2v) is 5.14. The average molecular weight is 280 g/mol. The van der Waals surface area contributed by atoms with Gasteiger partial charge >= 0.3 is 0 Å². The average Bonchev–Trinajstić information content (AvgIpc) is 2.81. The van der Waals surface area contributed by atoms with Crippen LogP contribution in [-0.4, -0.2) is 34.8 Å². The molecule has 0 radical (unpaired) electrons. The van der Waals surface area contributed by atoms with Crippen molar-refractivity contribution in [3.63, 3.8) is 0 Å². The minimum atomic E-state index is -0.561. The third kappa shape index (κ3) is 2.96. The molecule has 20 heavy (non-hydrogen) atoms. The number of Topliss-reactive ketones (excluding diaryl/α,β-unsaturated/α-hetero) is 1. The molecule has 1 aliphatic rings. The van der Waals surface area contributed by atoms with Crippen LogP contribution in [-0.2, 0) is 11.3 Å². The Labute approximate surface area is 116 Å². The summed E-state index contributed by atoms with van der Waals surface area (Å²) < 4.78 is 13.5. The van der Waals surface area contributed by atoms with Gasteiger partial charge in [0.05, 0.1) is 11.5 Å². The Bertz CT molecular complexity index is 560. The summed E-state index contributed by atoms with van der Waals surface area (Å²) in [5.41, 5.74) is 5.58. The Hall–Kier alpha value is -1.95. The van der Waals surface area contributed by atoms with Crippen molar-refractivity contribution in [2.75, 3.05) is 13.1 Å². The Kier molecular flexibility index (Phi) is 4.04. The number of likely N-dealkylation sites (tertiary alicyclic amines) is 1. The molecule has 1 atom stereocenters. The van der Waals surface area contributed by atoms with Gasteiger partial charge in [-0.15, -0.1) is 0 Å². The molecule has 2 rings (SSSR count). The summed E-state index contributed by atoms with van der Waals surface area (Å²) in [6, 6.07) is 2.23. The second-order valence-electron chi connectivity index (χ2n) is 5.14. The topological polar surface area (TPSA) is 83.6 Å². The van der Waals surface area contributed by atoms with Crippen molar-refractivity contribution >= 4 is 11.7 Å². The maximum atomic E-state index is 13.5. The van der Waals surface area contributed by atoms with Gasteiger partial charge in [-0.1, -0.05) is 0 Å². The lowest BCUT2D eigenvalue weighted by Crippen LogP contribution is -2.27. The van der Waals surface area contributed by atoms with E-state index < -0.39 is 5.82 Å². The lowest BCUT2D eigenvalue weighted by Gasteiger charge is -2.17. The maximum absolute atomic E-state index is 13.5. The number of hydrogen-bond donors (Lipinski definition) is 2. The van der Waals surface area contributed by atoms with Crippen LogP contribution in [0.1, 0.15) is 29.3 Å². The van der Waals surface area contributed by atoms with Gasteiger partial charge in [-0.05, 0) is 32.0 Å². The van der Waals surface area contributed by atoms with Crippen molar-refractivity contribution in [3.05, 3.63) is 29.1 Å². The highest BCUT2D eigenvalue weighted by Crippen LogP contribution is 2.28. The predicted octanol–water partition coefficient (Wildman–Crippen LogP) is 1.04. The van der Waals surface area contributed by atoms with Crippen LogP contribution < -0.4 is 5.73 Å². The smallest absolute Gasteiger partial charge is 0.221 e. The number of nitrogens with two attached hydrogens (primary N) is 1. The normalized spacial score (nSPS) is 19.2. The van der Waals surface area contributed by atoms with E-state index in [0.29, 0.717) is 25.1 Å². The van der Waals surface area contributed by atoms with Crippen LogP contribution in [0, 0.1) is 11.7 Å². The third-order valence-corrected chi connectivity index (χ3v) is 3.60. The van der Waals surface area contributed by atoms with E-state index in [9.17, 15) is 19.1 Å². The van der Waals surface area contributed by atoms with Crippen LogP contribution in [0.5, 0.6) is 5.75 Å². The molecule has 108 valence electrons. The molecule has 0 saturated carbocycles. The highest BCUT2D eigenvalue weighted by atomic mass is 19.1. The van der Waals surface area contributed by atoms with Gasteiger partial charge in [-0.3, -0.25) is 14.5 Å². The predicted molar refractivity (Wildman–Crippen MR) is 70.6 cm³/mol. The monoisotopic (exact) mass is 280 g/mol. The van der Waals surface area contributed by atoms with Crippen LogP contribution in [0.2, 0.25) is 0 Å². The number of amides is 1. The van der Waals surface area contributed by atoms with Crippen LogP contribution in [0.4, 0.5) is 4.39 Å². The quantitative estimate of drug-likeness (QED) is 0.807. The fourth-order valence-electron chi connectivity index (χ4n) is 2.49. The number of benzene rings is 1. The van der Waals surface area contributed by atoms with Gasteiger partial charge in [0.2, 0.25) is 5.91 Å².